The van der Waals surface area contributed by atoms with E-state index in [-0.39, 0.29) is 36.8 Å². The first kappa shape index (κ1) is 26.2. The van der Waals surface area contributed by atoms with Crippen molar-refractivity contribution in [3.05, 3.63) is 41.2 Å². The van der Waals surface area contributed by atoms with Gasteiger partial charge >= 0.3 is 0 Å². The number of nitrogens with zero attached hydrogens (tertiary/aromatic N) is 4. The Kier molecular flexibility index (Phi) is 10.6. The van der Waals surface area contributed by atoms with E-state index in [0.29, 0.717) is 18.3 Å². The van der Waals surface area contributed by atoms with Crippen molar-refractivity contribution in [2.45, 2.75) is 31.8 Å². The van der Waals surface area contributed by atoms with Gasteiger partial charge in [-0.1, -0.05) is 17.3 Å². The largest absolute Gasteiger partial charge is 0.497 e. The van der Waals surface area contributed by atoms with Crippen molar-refractivity contribution in [1.82, 2.24) is 30.5 Å². The van der Waals surface area contributed by atoms with Gasteiger partial charge < -0.3 is 20.3 Å². The molecule has 0 radical (unpaired) electrons. The molecule has 2 N–H and O–H groups in total. The molecule has 8 nitrogen and oxygen atoms in total. The standard InChI is InChI=1S/C20H30N6O2.2ClH/c1-14-19(23-24-26(14)16-8-10-21-11-9-16)20(27)22-13-18(25(2)3)15-6-5-7-17(12-15)28-4;;/h5-7,12,16,18,21H,8-11,13H2,1-4H3,(H,22,27);2*1H. The quantitative estimate of drug-likeness (QED) is 0.662. The number of rotatable bonds is 7. The van der Waals surface area contributed by atoms with Crippen molar-refractivity contribution in [2.24, 2.45) is 0 Å². The summed E-state index contributed by atoms with van der Waals surface area (Å²) in [6.07, 6.45) is 2.01. The van der Waals surface area contributed by atoms with Crippen LogP contribution in [0.3, 0.4) is 0 Å². The van der Waals surface area contributed by atoms with E-state index in [2.05, 4.69) is 25.8 Å². The molecule has 1 aromatic carbocycles. The third-order valence-corrected chi connectivity index (χ3v) is 5.35. The zero-order valence-electron chi connectivity index (χ0n) is 17.9. The van der Waals surface area contributed by atoms with Crippen LogP contribution in [0.15, 0.2) is 24.3 Å². The summed E-state index contributed by atoms with van der Waals surface area (Å²) in [7, 11) is 5.64. The number of hydrogen-bond donors (Lipinski definition) is 2. The minimum Gasteiger partial charge on any atom is -0.497 e. The summed E-state index contributed by atoms with van der Waals surface area (Å²) in [6, 6.07) is 8.24. The van der Waals surface area contributed by atoms with E-state index in [1.807, 2.05) is 50.0 Å². The van der Waals surface area contributed by atoms with E-state index in [0.717, 1.165) is 42.9 Å². The molecule has 3 rings (SSSR count). The van der Waals surface area contributed by atoms with Crippen LogP contribution in [-0.2, 0) is 0 Å². The highest BCUT2D eigenvalue weighted by Gasteiger charge is 2.24. The number of aromatic nitrogens is 3. The van der Waals surface area contributed by atoms with Gasteiger partial charge in [0.1, 0.15) is 5.75 Å². The number of carbonyl (C=O) groups is 1. The number of amides is 1. The number of likely N-dealkylation sites (N-methyl/N-ethyl adjacent to an activating group) is 1. The first-order chi connectivity index (χ1) is 13.5. The second kappa shape index (κ2) is 12.1. The van der Waals surface area contributed by atoms with Crippen LogP contribution in [0.4, 0.5) is 0 Å². The highest BCUT2D eigenvalue weighted by atomic mass is 35.5. The normalized spacial score (nSPS) is 15.1. The number of halogens is 2. The van der Waals surface area contributed by atoms with Gasteiger partial charge in [-0.3, -0.25) is 4.79 Å². The summed E-state index contributed by atoms with van der Waals surface area (Å²) in [5, 5.41) is 14.8. The third-order valence-electron chi connectivity index (χ3n) is 5.35. The number of nitrogens with one attached hydrogen (secondary N) is 2. The van der Waals surface area contributed by atoms with Crippen molar-refractivity contribution in [3.63, 3.8) is 0 Å². The molecule has 1 amide bonds. The van der Waals surface area contributed by atoms with Gasteiger partial charge in [0.25, 0.3) is 5.91 Å². The van der Waals surface area contributed by atoms with Crippen molar-refractivity contribution in [2.75, 3.05) is 40.8 Å². The molecule has 0 spiro atoms. The summed E-state index contributed by atoms with van der Waals surface area (Å²) in [5.74, 6) is 0.615. The van der Waals surface area contributed by atoms with Gasteiger partial charge in [0.05, 0.1) is 24.9 Å². The molecule has 168 valence electrons. The van der Waals surface area contributed by atoms with Crippen LogP contribution in [0, 0.1) is 6.92 Å². The van der Waals surface area contributed by atoms with Crippen LogP contribution >= 0.6 is 24.8 Å². The number of methoxy groups -OCH3 is 1. The Hall–Kier alpha value is -1.87. The molecule has 1 aliphatic rings. The smallest absolute Gasteiger partial charge is 0.273 e. The van der Waals surface area contributed by atoms with E-state index in [1.54, 1.807) is 7.11 Å². The number of hydrogen-bond acceptors (Lipinski definition) is 6. The summed E-state index contributed by atoms with van der Waals surface area (Å²) >= 11 is 0. The lowest BCUT2D eigenvalue weighted by atomic mass is 10.1. The maximum atomic E-state index is 12.8. The average molecular weight is 459 g/mol. The lowest BCUT2D eigenvalue weighted by Crippen LogP contribution is -2.35. The second-order valence-electron chi connectivity index (χ2n) is 7.42. The fourth-order valence-corrected chi connectivity index (χ4v) is 3.67. The van der Waals surface area contributed by atoms with Crippen LogP contribution in [0.5, 0.6) is 5.75 Å². The monoisotopic (exact) mass is 458 g/mol. The average Bonchev–Trinajstić information content (AvgIpc) is 3.10. The lowest BCUT2D eigenvalue weighted by molar-refractivity contribution is 0.0936. The van der Waals surface area contributed by atoms with Gasteiger partial charge in [-0.05, 0) is 64.6 Å². The Bertz CT molecular complexity index is 808. The fourth-order valence-electron chi connectivity index (χ4n) is 3.67. The Morgan fingerprint density at radius 3 is 2.67 bits per heavy atom. The first-order valence-corrected chi connectivity index (χ1v) is 9.72. The highest BCUT2D eigenvalue weighted by Crippen LogP contribution is 2.23. The molecule has 1 unspecified atom stereocenters. The molecular formula is C20H32Cl2N6O2. The number of piperidine rings is 1. The SMILES string of the molecule is COc1cccc(C(CNC(=O)c2nnn(C3CCNCC3)c2C)N(C)C)c1.Cl.Cl. The molecular weight excluding hydrogens is 427 g/mol. The van der Waals surface area contributed by atoms with Gasteiger partial charge in [0, 0.05) is 6.54 Å². The fraction of sp³-hybridized carbons (Fsp3) is 0.550. The summed E-state index contributed by atoms with van der Waals surface area (Å²) in [5.41, 5.74) is 2.31. The zero-order valence-corrected chi connectivity index (χ0v) is 19.6. The van der Waals surface area contributed by atoms with Gasteiger partial charge in [0.15, 0.2) is 5.69 Å². The van der Waals surface area contributed by atoms with Crippen molar-refractivity contribution >= 4 is 30.7 Å². The van der Waals surface area contributed by atoms with Gasteiger partial charge in [-0.25, -0.2) is 4.68 Å². The van der Waals surface area contributed by atoms with Crippen LogP contribution in [0.1, 0.15) is 46.7 Å². The van der Waals surface area contributed by atoms with Gasteiger partial charge in [0.2, 0.25) is 0 Å². The third kappa shape index (κ3) is 6.07. The van der Waals surface area contributed by atoms with E-state index in [9.17, 15) is 4.79 Å². The molecule has 0 aliphatic carbocycles. The molecule has 1 fully saturated rings. The predicted molar refractivity (Wildman–Crippen MR) is 122 cm³/mol. The summed E-state index contributed by atoms with van der Waals surface area (Å²) < 4.78 is 7.23. The molecule has 2 aromatic rings. The van der Waals surface area contributed by atoms with Crippen LogP contribution in [0.2, 0.25) is 0 Å². The maximum absolute atomic E-state index is 12.8. The van der Waals surface area contributed by atoms with E-state index in [1.165, 1.54) is 0 Å². The minimum absolute atomic E-state index is 0. The molecule has 0 bridgehead atoms. The molecule has 10 heteroatoms. The molecule has 1 aliphatic heterocycles. The Morgan fingerprint density at radius 2 is 2.03 bits per heavy atom. The van der Waals surface area contributed by atoms with Gasteiger partial charge in [-0.15, -0.1) is 29.9 Å². The van der Waals surface area contributed by atoms with Crippen molar-refractivity contribution in [1.29, 1.82) is 0 Å². The summed E-state index contributed by atoms with van der Waals surface area (Å²) in [6.45, 7) is 4.33. The van der Waals surface area contributed by atoms with E-state index >= 15 is 0 Å². The molecule has 2 heterocycles. The number of carbonyl (C=O) groups excluding carboxylic acids is 1. The molecule has 1 saturated heterocycles. The molecule has 0 saturated carbocycles. The van der Waals surface area contributed by atoms with E-state index < -0.39 is 0 Å². The zero-order chi connectivity index (χ0) is 20.1. The van der Waals surface area contributed by atoms with Crippen LogP contribution < -0.4 is 15.4 Å². The molecule has 30 heavy (non-hydrogen) atoms. The highest BCUT2D eigenvalue weighted by molar-refractivity contribution is 5.93. The lowest BCUT2D eigenvalue weighted by Gasteiger charge is -2.25. The molecule has 1 aromatic heterocycles. The van der Waals surface area contributed by atoms with Crippen LogP contribution in [-0.4, -0.2) is 66.6 Å². The van der Waals surface area contributed by atoms with Crippen LogP contribution in [0.25, 0.3) is 0 Å². The first-order valence-electron chi connectivity index (χ1n) is 9.72. The van der Waals surface area contributed by atoms with E-state index in [4.69, 9.17) is 4.74 Å². The Morgan fingerprint density at radius 1 is 1.33 bits per heavy atom. The Labute approximate surface area is 190 Å². The molecule has 1 atom stereocenters. The maximum Gasteiger partial charge on any atom is 0.273 e. The minimum atomic E-state index is -0.188. The predicted octanol–water partition coefficient (Wildman–Crippen LogP) is 2.40. The topological polar surface area (TPSA) is 84.3 Å². The van der Waals surface area contributed by atoms with Crippen molar-refractivity contribution < 1.29 is 9.53 Å². The number of ether oxygens (including phenoxy) is 1. The van der Waals surface area contributed by atoms with Crippen molar-refractivity contribution in [3.8, 4) is 5.75 Å². The summed E-state index contributed by atoms with van der Waals surface area (Å²) in [4.78, 5) is 14.8. The number of benzene rings is 1. The second-order valence-corrected chi connectivity index (χ2v) is 7.42. The Balaban J connectivity index is 0.00000225. The van der Waals surface area contributed by atoms with Gasteiger partial charge in [-0.2, -0.15) is 0 Å².